The largest absolute Gasteiger partial charge is 0.391 e. The number of aliphatic hydroxyl groups is 1. The molecule has 0 heterocycles. The first-order chi connectivity index (χ1) is 15.7. The third kappa shape index (κ3) is 15.2. The summed E-state index contributed by atoms with van der Waals surface area (Å²) in [5, 5.41) is 13.7. The maximum atomic E-state index is 12.7. The van der Waals surface area contributed by atoms with Crippen molar-refractivity contribution in [2.45, 2.75) is 117 Å². The Kier molecular flexibility index (Phi) is 18.6. The van der Waals surface area contributed by atoms with Gasteiger partial charge in [0.15, 0.2) is 0 Å². The van der Waals surface area contributed by atoms with E-state index >= 15 is 0 Å². The van der Waals surface area contributed by atoms with Crippen molar-refractivity contribution < 1.29 is 28.4 Å². The Morgan fingerprint density at radius 3 is 2.06 bits per heavy atom. The van der Waals surface area contributed by atoms with Gasteiger partial charge in [-0.25, -0.2) is 0 Å². The summed E-state index contributed by atoms with van der Waals surface area (Å²) in [6.45, 7) is 14.5. The van der Waals surface area contributed by atoms with Crippen LogP contribution in [0.15, 0.2) is 0 Å². The van der Waals surface area contributed by atoms with E-state index in [1.807, 2.05) is 0 Å². The normalized spacial score (nSPS) is 15.7. The summed E-state index contributed by atoms with van der Waals surface area (Å²) in [4.78, 5) is 22.7. The Labute approximate surface area is 203 Å². The topological polar surface area (TPSA) is 95.9 Å². The summed E-state index contributed by atoms with van der Waals surface area (Å²) in [5.41, 5.74) is 0. The van der Waals surface area contributed by atoms with Gasteiger partial charge in [0.1, 0.15) is 13.2 Å². The molecule has 0 aromatic heterocycles. The van der Waals surface area contributed by atoms with E-state index in [4.69, 9.17) is 4.52 Å². The van der Waals surface area contributed by atoms with Gasteiger partial charge in [-0.05, 0) is 40.0 Å². The predicted octanol–water partition coefficient (Wildman–Crippen LogP) is 5.24. The van der Waals surface area contributed by atoms with Crippen molar-refractivity contribution in [1.29, 1.82) is 0 Å². The van der Waals surface area contributed by atoms with Crippen molar-refractivity contribution in [3.8, 4) is 0 Å². The smallest absolute Gasteiger partial charge is 0.328 e. The standard InChI is InChI=1S/C25H53N2O5P/c1-6-11-13-14-16-17-24(28)23(26-25(29)18-15-12-7-2)19-22-33(30,31)32-21-20-27(8-3,9-4)10-5/h23-24,28H,6-22H2,1-5H3,(H-,26,29,30,31)/p+1/t23-,24+/m0/s1. The molecule has 3 N–H and O–H groups in total. The van der Waals surface area contributed by atoms with Gasteiger partial charge in [0.05, 0.1) is 37.9 Å². The highest BCUT2D eigenvalue weighted by atomic mass is 31.2. The van der Waals surface area contributed by atoms with Gasteiger partial charge in [0.2, 0.25) is 5.91 Å². The molecule has 3 atom stereocenters. The summed E-state index contributed by atoms with van der Waals surface area (Å²) in [6, 6.07) is -0.522. The third-order valence-electron chi connectivity index (χ3n) is 7.02. The fourth-order valence-electron chi connectivity index (χ4n) is 4.22. The average molecular weight is 494 g/mol. The maximum Gasteiger partial charge on any atom is 0.328 e. The molecule has 7 nitrogen and oxygen atoms in total. The molecule has 0 spiro atoms. The van der Waals surface area contributed by atoms with E-state index in [-0.39, 0.29) is 25.1 Å². The number of carbonyl (C=O) groups excluding carboxylic acids is 1. The molecule has 0 rings (SSSR count). The van der Waals surface area contributed by atoms with Gasteiger partial charge in [0, 0.05) is 6.42 Å². The molecular formula is C25H54N2O5P+. The van der Waals surface area contributed by atoms with Crippen LogP contribution in [0.2, 0.25) is 0 Å². The maximum absolute atomic E-state index is 12.7. The van der Waals surface area contributed by atoms with Gasteiger partial charge in [-0.1, -0.05) is 58.8 Å². The first-order valence-electron chi connectivity index (χ1n) is 13.5. The van der Waals surface area contributed by atoms with Gasteiger partial charge in [-0.15, -0.1) is 0 Å². The van der Waals surface area contributed by atoms with E-state index in [2.05, 4.69) is 39.9 Å². The van der Waals surface area contributed by atoms with E-state index in [0.29, 0.717) is 19.4 Å². The molecule has 33 heavy (non-hydrogen) atoms. The zero-order valence-corrected chi connectivity index (χ0v) is 23.1. The molecule has 0 fully saturated rings. The summed E-state index contributed by atoms with van der Waals surface area (Å²) < 4.78 is 18.9. The molecule has 0 radical (unpaired) electrons. The zero-order valence-electron chi connectivity index (χ0n) is 22.2. The lowest BCUT2D eigenvalue weighted by Crippen LogP contribution is -2.49. The Hall–Kier alpha value is -0.460. The van der Waals surface area contributed by atoms with Crippen molar-refractivity contribution in [1.82, 2.24) is 5.32 Å². The van der Waals surface area contributed by atoms with Crippen LogP contribution in [-0.4, -0.2) is 71.5 Å². The van der Waals surface area contributed by atoms with Crippen molar-refractivity contribution in [3.63, 3.8) is 0 Å². The predicted molar refractivity (Wildman–Crippen MR) is 137 cm³/mol. The van der Waals surface area contributed by atoms with Crippen LogP contribution >= 0.6 is 7.60 Å². The molecular weight excluding hydrogens is 439 g/mol. The minimum atomic E-state index is -3.79. The second kappa shape index (κ2) is 18.8. The van der Waals surface area contributed by atoms with Gasteiger partial charge < -0.3 is 24.3 Å². The van der Waals surface area contributed by atoms with E-state index < -0.39 is 19.7 Å². The van der Waals surface area contributed by atoms with E-state index in [9.17, 15) is 19.4 Å². The first-order valence-corrected chi connectivity index (χ1v) is 15.2. The molecule has 198 valence electrons. The van der Waals surface area contributed by atoms with Crippen LogP contribution in [0.1, 0.15) is 105 Å². The third-order valence-corrected chi connectivity index (χ3v) is 8.42. The number of hydrogen-bond donors (Lipinski definition) is 3. The molecule has 0 bridgehead atoms. The monoisotopic (exact) mass is 493 g/mol. The number of quaternary nitrogens is 1. The van der Waals surface area contributed by atoms with Crippen LogP contribution in [0.25, 0.3) is 0 Å². The second-order valence-corrected chi connectivity index (χ2v) is 11.4. The van der Waals surface area contributed by atoms with E-state index in [1.165, 1.54) is 12.8 Å². The molecule has 0 aliphatic heterocycles. The SMILES string of the molecule is CCCCCCC[C@@H](O)[C@H](CCP(=O)(O)OCC[N+](CC)(CC)CC)NC(=O)CCCCC. The van der Waals surface area contributed by atoms with E-state index in [1.54, 1.807) is 0 Å². The quantitative estimate of drug-likeness (QED) is 0.109. The van der Waals surface area contributed by atoms with Crippen LogP contribution < -0.4 is 5.32 Å². The highest BCUT2D eigenvalue weighted by Gasteiger charge is 2.28. The summed E-state index contributed by atoms with van der Waals surface area (Å²) in [5.74, 6) is -0.0944. The van der Waals surface area contributed by atoms with Crippen LogP contribution in [0.5, 0.6) is 0 Å². The number of nitrogens with one attached hydrogen (secondary N) is 1. The first kappa shape index (κ1) is 32.5. The molecule has 0 saturated heterocycles. The zero-order chi connectivity index (χ0) is 25.2. The number of rotatable bonds is 22. The molecule has 0 aliphatic rings. The van der Waals surface area contributed by atoms with Crippen LogP contribution in [0.3, 0.4) is 0 Å². The Balaban J connectivity index is 4.81. The van der Waals surface area contributed by atoms with Gasteiger partial charge in [0.25, 0.3) is 0 Å². The Morgan fingerprint density at radius 1 is 0.909 bits per heavy atom. The second-order valence-electron chi connectivity index (χ2n) is 9.40. The summed E-state index contributed by atoms with van der Waals surface area (Å²) in [7, 11) is -3.79. The van der Waals surface area contributed by atoms with Crippen LogP contribution in [-0.2, 0) is 13.9 Å². The molecule has 0 aromatic rings. The van der Waals surface area contributed by atoms with Gasteiger partial charge in [-0.3, -0.25) is 9.36 Å². The number of unbranched alkanes of at least 4 members (excludes halogenated alkanes) is 6. The summed E-state index contributed by atoms with van der Waals surface area (Å²) >= 11 is 0. The number of nitrogens with zero attached hydrogens (tertiary/aromatic N) is 1. The van der Waals surface area contributed by atoms with Crippen LogP contribution in [0, 0.1) is 0 Å². The van der Waals surface area contributed by atoms with Gasteiger partial charge in [-0.2, -0.15) is 0 Å². The lowest BCUT2D eigenvalue weighted by Gasteiger charge is -2.35. The number of hydrogen-bond acceptors (Lipinski definition) is 4. The molecule has 1 unspecified atom stereocenters. The number of carbonyl (C=O) groups is 1. The van der Waals surface area contributed by atoms with E-state index in [0.717, 1.165) is 62.6 Å². The number of aliphatic hydroxyl groups excluding tert-OH is 1. The number of likely N-dealkylation sites (N-methyl/N-ethyl adjacent to an activating group) is 1. The highest BCUT2D eigenvalue weighted by molar-refractivity contribution is 7.52. The van der Waals surface area contributed by atoms with Crippen LogP contribution in [0.4, 0.5) is 0 Å². The molecule has 8 heteroatoms. The lowest BCUT2D eigenvalue weighted by molar-refractivity contribution is -0.923. The minimum Gasteiger partial charge on any atom is -0.391 e. The van der Waals surface area contributed by atoms with Crippen molar-refractivity contribution in [3.05, 3.63) is 0 Å². The summed E-state index contributed by atoms with van der Waals surface area (Å²) in [6.07, 6.45) is 8.75. The molecule has 0 aromatic carbocycles. The molecule has 1 amide bonds. The fraction of sp³-hybridized carbons (Fsp3) is 0.960. The highest BCUT2D eigenvalue weighted by Crippen LogP contribution is 2.43. The lowest BCUT2D eigenvalue weighted by atomic mass is 10.0. The Morgan fingerprint density at radius 2 is 1.48 bits per heavy atom. The van der Waals surface area contributed by atoms with Crippen molar-refractivity contribution >= 4 is 13.5 Å². The Bertz CT molecular complexity index is 535. The van der Waals surface area contributed by atoms with Crippen molar-refractivity contribution in [2.75, 3.05) is 38.9 Å². The van der Waals surface area contributed by atoms with Gasteiger partial charge >= 0.3 is 7.60 Å². The fourth-order valence-corrected chi connectivity index (χ4v) is 5.32. The molecule has 0 saturated carbocycles. The minimum absolute atomic E-state index is 0.0653. The average Bonchev–Trinajstić information content (AvgIpc) is 2.79. The van der Waals surface area contributed by atoms with Crippen molar-refractivity contribution in [2.24, 2.45) is 0 Å². The number of amides is 1. The molecule has 0 aliphatic carbocycles.